The smallest absolute Gasteiger partial charge is 0.136 e. The highest BCUT2D eigenvalue weighted by molar-refractivity contribution is 5.15. The molecule has 0 aromatic rings. The minimum absolute atomic E-state index is 0.0486. The van der Waals surface area contributed by atoms with Gasteiger partial charge in [0.1, 0.15) is 6.10 Å². The molecule has 0 saturated carbocycles. The Morgan fingerprint density at radius 1 is 1.25 bits per heavy atom. The molecule has 16 heavy (non-hydrogen) atoms. The molecule has 0 aliphatic carbocycles. The first kappa shape index (κ1) is 13.3. The van der Waals surface area contributed by atoms with E-state index in [1.807, 2.05) is 0 Å². The number of unbranched alkanes of at least 4 members (excludes halogenated alkanes) is 3. The molecule has 1 heteroatoms. The molecular formula is C15H24O. The number of hydrogen-bond donors (Lipinski definition) is 0. The third-order valence-electron chi connectivity index (χ3n) is 2.83. The Bertz CT molecular complexity index is 256. The zero-order chi connectivity index (χ0) is 11.6. The fourth-order valence-corrected chi connectivity index (χ4v) is 1.80. The molecule has 1 aliphatic rings. The molecule has 90 valence electrons. The van der Waals surface area contributed by atoms with E-state index in [-0.39, 0.29) is 6.10 Å². The van der Waals surface area contributed by atoms with Crippen LogP contribution in [0.5, 0.6) is 0 Å². The van der Waals surface area contributed by atoms with E-state index in [1.165, 1.54) is 32.1 Å². The van der Waals surface area contributed by atoms with Gasteiger partial charge in [0.25, 0.3) is 0 Å². The van der Waals surface area contributed by atoms with Gasteiger partial charge in [0.05, 0.1) is 6.10 Å². The van der Waals surface area contributed by atoms with Crippen LogP contribution in [0.3, 0.4) is 0 Å². The van der Waals surface area contributed by atoms with Crippen molar-refractivity contribution in [1.82, 2.24) is 0 Å². The van der Waals surface area contributed by atoms with E-state index in [1.54, 1.807) is 0 Å². The van der Waals surface area contributed by atoms with E-state index < -0.39 is 0 Å². The monoisotopic (exact) mass is 220 g/mol. The summed E-state index contributed by atoms with van der Waals surface area (Å²) < 4.78 is 5.91. The van der Waals surface area contributed by atoms with Gasteiger partial charge in [-0.3, -0.25) is 0 Å². The molecule has 0 aromatic heterocycles. The Morgan fingerprint density at radius 3 is 2.81 bits per heavy atom. The SMILES string of the molecule is CCCCC#C[C@H]1C=CC[C@H](CCCC)O1. The van der Waals surface area contributed by atoms with Gasteiger partial charge < -0.3 is 4.74 Å². The normalized spacial score (nSPS) is 23.9. The van der Waals surface area contributed by atoms with Crippen molar-refractivity contribution in [3.05, 3.63) is 12.2 Å². The molecule has 0 N–H and O–H groups in total. The van der Waals surface area contributed by atoms with Crippen LogP contribution in [0.1, 0.15) is 58.8 Å². The standard InChI is InChI=1S/C15H24O/c1-3-5-7-8-11-15-13-9-12-14(16-15)10-6-4-2/h9,13-15H,3-7,10,12H2,1-2H3/t14-,15-/m0/s1. The highest BCUT2D eigenvalue weighted by atomic mass is 16.5. The lowest BCUT2D eigenvalue weighted by Gasteiger charge is -2.22. The van der Waals surface area contributed by atoms with Crippen LogP contribution < -0.4 is 0 Å². The van der Waals surface area contributed by atoms with Crippen molar-refractivity contribution in [2.75, 3.05) is 0 Å². The van der Waals surface area contributed by atoms with Crippen LogP contribution >= 0.6 is 0 Å². The first-order valence-electron chi connectivity index (χ1n) is 6.67. The molecule has 0 aromatic carbocycles. The average Bonchev–Trinajstić information content (AvgIpc) is 2.33. The third-order valence-corrected chi connectivity index (χ3v) is 2.83. The molecule has 2 atom stereocenters. The zero-order valence-electron chi connectivity index (χ0n) is 10.7. The van der Waals surface area contributed by atoms with E-state index in [9.17, 15) is 0 Å². The molecule has 0 saturated heterocycles. The maximum absolute atomic E-state index is 5.91. The Hall–Kier alpha value is -0.740. The molecule has 0 bridgehead atoms. The van der Waals surface area contributed by atoms with E-state index >= 15 is 0 Å². The van der Waals surface area contributed by atoms with Crippen molar-refractivity contribution >= 4 is 0 Å². The second-order valence-electron chi connectivity index (χ2n) is 4.41. The maximum atomic E-state index is 5.91. The largest absolute Gasteiger partial charge is 0.358 e. The zero-order valence-corrected chi connectivity index (χ0v) is 10.7. The molecule has 1 heterocycles. The van der Waals surface area contributed by atoms with Crippen LogP contribution in [0.25, 0.3) is 0 Å². The van der Waals surface area contributed by atoms with Crippen molar-refractivity contribution in [3.8, 4) is 11.8 Å². The molecule has 0 unspecified atom stereocenters. The minimum Gasteiger partial charge on any atom is -0.358 e. The Morgan fingerprint density at radius 2 is 2.06 bits per heavy atom. The van der Waals surface area contributed by atoms with Crippen molar-refractivity contribution in [3.63, 3.8) is 0 Å². The van der Waals surface area contributed by atoms with Crippen LogP contribution in [-0.2, 0) is 4.74 Å². The maximum Gasteiger partial charge on any atom is 0.136 e. The van der Waals surface area contributed by atoms with Crippen molar-refractivity contribution in [2.24, 2.45) is 0 Å². The molecule has 1 rings (SSSR count). The van der Waals surface area contributed by atoms with Crippen LogP contribution in [0.15, 0.2) is 12.2 Å². The summed E-state index contributed by atoms with van der Waals surface area (Å²) in [7, 11) is 0. The fraction of sp³-hybridized carbons (Fsp3) is 0.733. The van der Waals surface area contributed by atoms with Gasteiger partial charge in [-0.15, -0.1) is 5.92 Å². The van der Waals surface area contributed by atoms with E-state index in [4.69, 9.17) is 4.74 Å². The lowest BCUT2D eigenvalue weighted by Crippen LogP contribution is -2.22. The van der Waals surface area contributed by atoms with Gasteiger partial charge in [-0.25, -0.2) is 0 Å². The third kappa shape index (κ3) is 5.37. The summed E-state index contributed by atoms with van der Waals surface area (Å²) in [4.78, 5) is 0. The number of hydrogen-bond acceptors (Lipinski definition) is 1. The van der Waals surface area contributed by atoms with Crippen LogP contribution in [0, 0.1) is 11.8 Å². The summed E-state index contributed by atoms with van der Waals surface area (Å²) in [6, 6.07) is 0. The Balaban J connectivity index is 2.29. The number of rotatable bonds is 5. The van der Waals surface area contributed by atoms with Gasteiger partial charge in [0.2, 0.25) is 0 Å². The van der Waals surface area contributed by atoms with Gasteiger partial charge in [-0.05, 0) is 25.3 Å². The van der Waals surface area contributed by atoms with Gasteiger partial charge in [-0.1, -0.05) is 45.1 Å². The van der Waals surface area contributed by atoms with E-state index in [2.05, 4.69) is 37.8 Å². The van der Waals surface area contributed by atoms with Gasteiger partial charge >= 0.3 is 0 Å². The molecule has 0 radical (unpaired) electrons. The van der Waals surface area contributed by atoms with Gasteiger partial charge in [-0.2, -0.15) is 0 Å². The minimum atomic E-state index is 0.0486. The lowest BCUT2D eigenvalue weighted by molar-refractivity contribution is 0.0277. The number of ether oxygens (including phenoxy) is 1. The van der Waals surface area contributed by atoms with Crippen LogP contribution in [0.2, 0.25) is 0 Å². The summed E-state index contributed by atoms with van der Waals surface area (Å²) in [6.45, 7) is 4.42. The molecular weight excluding hydrogens is 196 g/mol. The summed E-state index contributed by atoms with van der Waals surface area (Å²) in [5.74, 6) is 6.41. The molecule has 1 aliphatic heterocycles. The Labute approximate surface area is 100 Å². The van der Waals surface area contributed by atoms with Crippen LogP contribution in [0.4, 0.5) is 0 Å². The van der Waals surface area contributed by atoms with Gasteiger partial charge in [0, 0.05) is 6.42 Å². The average molecular weight is 220 g/mol. The predicted molar refractivity (Wildman–Crippen MR) is 69.2 cm³/mol. The van der Waals surface area contributed by atoms with E-state index in [0.717, 1.165) is 12.8 Å². The lowest BCUT2D eigenvalue weighted by atomic mass is 10.1. The van der Waals surface area contributed by atoms with Crippen LogP contribution in [-0.4, -0.2) is 12.2 Å². The topological polar surface area (TPSA) is 9.23 Å². The highest BCUT2D eigenvalue weighted by Crippen LogP contribution is 2.17. The summed E-state index contributed by atoms with van der Waals surface area (Å²) in [5.41, 5.74) is 0. The van der Waals surface area contributed by atoms with Crippen molar-refractivity contribution in [2.45, 2.75) is 71.0 Å². The van der Waals surface area contributed by atoms with Crippen molar-refractivity contribution < 1.29 is 4.74 Å². The second-order valence-corrected chi connectivity index (χ2v) is 4.41. The molecule has 0 fully saturated rings. The first-order valence-corrected chi connectivity index (χ1v) is 6.67. The molecule has 1 nitrogen and oxygen atoms in total. The highest BCUT2D eigenvalue weighted by Gasteiger charge is 2.15. The van der Waals surface area contributed by atoms with Crippen molar-refractivity contribution in [1.29, 1.82) is 0 Å². The second kappa shape index (κ2) is 8.42. The summed E-state index contributed by atoms with van der Waals surface area (Å²) in [5, 5.41) is 0. The predicted octanol–water partition coefficient (Wildman–Crippen LogP) is 4.08. The summed E-state index contributed by atoms with van der Waals surface area (Å²) in [6.07, 6.45) is 12.9. The Kier molecular flexibility index (Phi) is 7.01. The fourth-order valence-electron chi connectivity index (χ4n) is 1.80. The van der Waals surface area contributed by atoms with E-state index in [0.29, 0.717) is 6.10 Å². The quantitative estimate of drug-likeness (QED) is 0.385. The first-order chi connectivity index (χ1) is 7.86. The molecule has 0 amide bonds. The molecule has 0 spiro atoms. The van der Waals surface area contributed by atoms with Gasteiger partial charge in [0.15, 0.2) is 0 Å². The summed E-state index contributed by atoms with van der Waals surface area (Å²) >= 11 is 0.